The van der Waals surface area contributed by atoms with Crippen LogP contribution in [0, 0.1) is 12.7 Å². The molecule has 2 aromatic rings. The first-order chi connectivity index (χ1) is 11.0. The van der Waals surface area contributed by atoms with Gasteiger partial charge in [-0.2, -0.15) is 16.9 Å². The van der Waals surface area contributed by atoms with Gasteiger partial charge in [-0.3, -0.25) is 4.79 Å². The average molecular weight is 335 g/mol. The number of aromatic nitrogens is 2. The van der Waals surface area contributed by atoms with E-state index in [-0.39, 0.29) is 24.0 Å². The molecule has 1 amide bonds. The fourth-order valence-electron chi connectivity index (χ4n) is 2.50. The topological polar surface area (TPSA) is 67.2 Å². The Bertz CT molecular complexity index is 709. The van der Waals surface area contributed by atoms with E-state index in [1.165, 1.54) is 12.1 Å². The summed E-state index contributed by atoms with van der Waals surface area (Å²) in [6.45, 7) is 2.05. The molecule has 0 bridgehead atoms. The van der Waals surface area contributed by atoms with Gasteiger partial charge in [0.25, 0.3) is 5.91 Å². The number of rotatable bonds is 4. The lowest BCUT2D eigenvalue weighted by Gasteiger charge is -2.21. The van der Waals surface area contributed by atoms with E-state index >= 15 is 0 Å². The van der Waals surface area contributed by atoms with Crippen molar-refractivity contribution < 1.29 is 14.3 Å². The van der Waals surface area contributed by atoms with Crippen LogP contribution in [0.25, 0.3) is 5.69 Å². The second-order valence-corrected chi connectivity index (χ2v) is 6.87. The number of carbonyl (C=O) groups excluding carboxylic acids is 1. The molecule has 1 aliphatic heterocycles. The third kappa shape index (κ3) is 3.56. The quantitative estimate of drug-likeness (QED) is 0.896. The van der Waals surface area contributed by atoms with Crippen molar-refractivity contribution in [1.82, 2.24) is 15.1 Å². The van der Waals surface area contributed by atoms with Crippen LogP contribution in [-0.2, 0) is 0 Å². The fourth-order valence-corrected chi connectivity index (χ4v) is 3.80. The maximum absolute atomic E-state index is 13.0. The Labute approximate surface area is 137 Å². The molecule has 1 aliphatic rings. The van der Waals surface area contributed by atoms with Gasteiger partial charge in [-0.05, 0) is 49.4 Å². The van der Waals surface area contributed by atoms with Crippen molar-refractivity contribution in [2.45, 2.75) is 18.9 Å². The number of nitrogens with zero attached hydrogens (tertiary/aromatic N) is 2. The lowest BCUT2D eigenvalue weighted by Crippen LogP contribution is -2.43. The number of amides is 1. The predicted octanol–water partition coefficient (Wildman–Crippen LogP) is 1.92. The molecule has 1 saturated heterocycles. The number of aliphatic hydroxyl groups is 1. The standard InChI is InChI=1S/C16H18FN3O2S/c1-11-8-14(15(21)18-9-16(22)6-7-23-10-16)19-20(11)13-4-2-12(17)3-5-13/h2-5,8,22H,6-7,9-10H2,1H3,(H,18,21). The lowest BCUT2D eigenvalue weighted by atomic mass is 10.0. The molecular weight excluding hydrogens is 317 g/mol. The van der Waals surface area contributed by atoms with Gasteiger partial charge in [-0.15, -0.1) is 0 Å². The molecule has 2 N–H and O–H groups in total. The zero-order valence-electron chi connectivity index (χ0n) is 12.8. The first-order valence-corrected chi connectivity index (χ1v) is 8.53. The summed E-state index contributed by atoms with van der Waals surface area (Å²) in [6, 6.07) is 7.59. The molecule has 0 aliphatic carbocycles. The fraction of sp³-hybridized carbons (Fsp3) is 0.375. The Morgan fingerprint density at radius 3 is 2.87 bits per heavy atom. The van der Waals surface area contributed by atoms with Crippen molar-refractivity contribution in [2.75, 3.05) is 18.1 Å². The van der Waals surface area contributed by atoms with Crippen LogP contribution in [0.5, 0.6) is 0 Å². The van der Waals surface area contributed by atoms with Crippen molar-refractivity contribution in [1.29, 1.82) is 0 Å². The molecule has 0 radical (unpaired) electrons. The monoisotopic (exact) mass is 335 g/mol. The summed E-state index contributed by atoms with van der Waals surface area (Å²) in [6.07, 6.45) is 0.682. The summed E-state index contributed by atoms with van der Waals surface area (Å²) in [5, 5.41) is 17.3. The molecule has 1 aromatic carbocycles. The molecular formula is C16H18FN3O2S. The van der Waals surface area contributed by atoms with E-state index in [4.69, 9.17) is 0 Å². The Hall–Kier alpha value is -1.86. The number of hydrogen-bond donors (Lipinski definition) is 2. The number of halogens is 1. The first-order valence-electron chi connectivity index (χ1n) is 7.38. The number of carbonyl (C=O) groups is 1. The third-order valence-corrected chi connectivity index (χ3v) is 5.09. The number of thioether (sulfide) groups is 1. The second-order valence-electron chi connectivity index (χ2n) is 5.77. The maximum atomic E-state index is 13.0. The smallest absolute Gasteiger partial charge is 0.271 e. The lowest BCUT2D eigenvalue weighted by molar-refractivity contribution is 0.0610. The van der Waals surface area contributed by atoms with E-state index in [1.807, 2.05) is 6.92 Å². The summed E-state index contributed by atoms with van der Waals surface area (Å²) >= 11 is 1.68. The molecule has 7 heteroatoms. The van der Waals surface area contributed by atoms with Gasteiger partial charge in [0.2, 0.25) is 0 Å². The number of hydrogen-bond acceptors (Lipinski definition) is 4. The first kappa shape index (κ1) is 16.0. The Morgan fingerprint density at radius 1 is 1.48 bits per heavy atom. The van der Waals surface area contributed by atoms with E-state index < -0.39 is 5.60 Å². The molecule has 0 saturated carbocycles. The minimum atomic E-state index is -0.825. The molecule has 122 valence electrons. The third-order valence-electron chi connectivity index (χ3n) is 3.85. The minimum absolute atomic E-state index is 0.224. The van der Waals surface area contributed by atoms with Gasteiger partial charge in [0.1, 0.15) is 5.82 Å². The normalized spacial score (nSPS) is 20.7. The van der Waals surface area contributed by atoms with Gasteiger partial charge >= 0.3 is 0 Å². The predicted molar refractivity (Wildman–Crippen MR) is 87.5 cm³/mol. The van der Waals surface area contributed by atoms with E-state index in [9.17, 15) is 14.3 Å². The Balaban J connectivity index is 1.72. The highest BCUT2D eigenvalue weighted by atomic mass is 32.2. The SMILES string of the molecule is Cc1cc(C(=O)NCC2(O)CCSC2)nn1-c1ccc(F)cc1. The van der Waals surface area contributed by atoms with Gasteiger partial charge < -0.3 is 10.4 Å². The van der Waals surface area contributed by atoms with E-state index in [1.54, 1.807) is 34.6 Å². The largest absolute Gasteiger partial charge is 0.387 e. The highest BCUT2D eigenvalue weighted by molar-refractivity contribution is 7.99. The van der Waals surface area contributed by atoms with Gasteiger partial charge in [-0.25, -0.2) is 9.07 Å². The Kier molecular flexibility index (Phi) is 4.41. The van der Waals surface area contributed by atoms with Gasteiger partial charge in [0.15, 0.2) is 5.69 Å². The highest BCUT2D eigenvalue weighted by Crippen LogP contribution is 2.27. The number of aryl methyl sites for hydroxylation is 1. The van der Waals surface area contributed by atoms with Crippen LogP contribution in [0.4, 0.5) is 4.39 Å². The second kappa shape index (κ2) is 6.33. The van der Waals surface area contributed by atoms with Crippen molar-refractivity contribution >= 4 is 17.7 Å². The molecule has 1 unspecified atom stereocenters. The zero-order chi connectivity index (χ0) is 16.4. The number of benzene rings is 1. The maximum Gasteiger partial charge on any atom is 0.271 e. The molecule has 1 atom stereocenters. The van der Waals surface area contributed by atoms with Crippen LogP contribution in [0.3, 0.4) is 0 Å². The van der Waals surface area contributed by atoms with Gasteiger partial charge in [0, 0.05) is 18.0 Å². The van der Waals surface area contributed by atoms with Crippen molar-refractivity contribution in [3.05, 3.63) is 47.5 Å². The molecule has 23 heavy (non-hydrogen) atoms. The average Bonchev–Trinajstić information content (AvgIpc) is 3.13. The minimum Gasteiger partial charge on any atom is -0.387 e. The molecule has 1 fully saturated rings. The summed E-state index contributed by atoms with van der Waals surface area (Å²) in [7, 11) is 0. The summed E-state index contributed by atoms with van der Waals surface area (Å²) < 4.78 is 14.6. The van der Waals surface area contributed by atoms with Crippen LogP contribution in [-0.4, -0.2) is 44.4 Å². The van der Waals surface area contributed by atoms with Crippen LogP contribution in [0.2, 0.25) is 0 Å². The van der Waals surface area contributed by atoms with E-state index in [2.05, 4.69) is 10.4 Å². The molecule has 2 heterocycles. The van der Waals surface area contributed by atoms with Crippen LogP contribution >= 0.6 is 11.8 Å². The molecule has 3 rings (SSSR count). The van der Waals surface area contributed by atoms with Crippen LogP contribution < -0.4 is 5.32 Å². The Morgan fingerprint density at radius 2 is 2.22 bits per heavy atom. The van der Waals surface area contributed by atoms with Crippen molar-refractivity contribution in [3.8, 4) is 5.69 Å². The summed E-state index contributed by atoms with van der Waals surface area (Å²) in [5.74, 6) is 0.902. The summed E-state index contributed by atoms with van der Waals surface area (Å²) in [4.78, 5) is 12.2. The van der Waals surface area contributed by atoms with Crippen LogP contribution in [0.1, 0.15) is 22.6 Å². The van der Waals surface area contributed by atoms with Gasteiger partial charge in [0.05, 0.1) is 11.3 Å². The van der Waals surface area contributed by atoms with E-state index in [0.717, 1.165) is 11.4 Å². The van der Waals surface area contributed by atoms with E-state index in [0.29, 0.717) is 17.9 Å². The molecule has 5 nitrogen and oxygen atoms in total. The van der Waals surface area contributed by atoms with Crippen LogP contribution in [0.15, 0.2) is 30.3 Å². The van der Waals surface area contributed by atoms with Crippen molar-refractivity contribution in [2.24, 2.45) is 0 Å². The highest BCUT2D eigenvalue weighted by Gasteiger charge is 2.32. The zero-order valence-corrected chi connectivity index (χ0v) is 13.6. The molecule has 1 aromatic heterocycles. The van der Waals surface area contributed by atoms with Gasteiger partial charge in [-0.1, -0.05) is 0 Å². The molecule has 0 spiro atoms. The van der Waals surface area contributed by atoms with Crippen molar-refractivity contribution in [3.63, 3.8) is 0 Å². The summed E-state index contributed by atoms with van der Waals surface area (Å²) in [5.41, 5.74) is 0.918. The number of nitrogens with one attached hydrogen (secondary N) is 1.